The molecule has 0 aromatic heterocycles. The van der Waals surface area contributed by atoms with Crippen LogP contribution in [0.15, 0.2) is 22.7 Å². The lowest BCUT2D eigenvalue weighted by Crippen LogP contribution is -2.43. The summed E-state index contributed by atoms with van der Waals surface area (Å²) < 4.78 is 1.08. The number of carbonyl (C=O) groups is 1. The standard InChI is InChI=1S/C17H25BrN2O.CH4/c1-11-8-9-14(18)10-15(11)16(20-12(2)17(19)21)13-6-4-3-5-7-13;/h8-10,12-13,16,20H,3-7H2,1-2H3,(H2,19,21);1H4. The fourth-order valence-electron chi connectivity index (χ4n) is 3.25. The van der Waals surface area contributed by atoms with Gasteiger partial charge < -0.3 is 5.73 Å². The minimum Gasteiger partial charge on any atom is -0.368 e. The average molecular weight is 369 g/mol. The Balaban J connectivity index is 0.00000242. The van der Waals surface area contributed by atoms with E-state index in [4.69, 9.17) is 5.73 Å². The van der Waals surface area contributed by atoms with Gasteiger partial charge in [0.05, 0.1) is 6.04 Å². The molecule has 1 amide bonds. The highest BCUT2D eigenvalue weighted by molar-refractivity contribution is 9.10. The molecule has 0 saturated heterocycles. The number of aryl methyl sites for hydroxylation is 1. The predicted molar refractivity (Wildman–Crippen MR) is 96.7 cm³/mol. The SMILES string of the molecule is C.Cc1ccc(Br)cc1C(NC(C)C(N)=O)C1CCCCC1. The van der Waals surface area contributed by atoms with Gasteiger partial charge in [0.2, 0.25) is 5.91 Å². The minimum atomic E-state index is -0.310. The van der Waals surface area contributed by atoms with Crippen molar-refractivity contribution in [1.29, 1.82) is 0 Å². The molecule has 1 fully saturated rings. The van der Waals surface area contributed by atoms with Crippen molar-refractivity contribution in [2.24, 2.45) is 11.7 Å². The predicted octanol–water partition coefficient (Wildman–Crippen LogP) is 4.48. The molecular weight excluding hydrogens is 340 g/mol. The summed E-state index contributed by atoms with van der Waals surface area (Å²) in [6.45, 7) is 3.99. The average Bonchev–Trinajstić information content (AvgIpc) is 2.48. The summed E-state index contributed by atoms with van der Waals surface area (Å²) in [6.07, 6.45) is 6.32. The third-order valence-corrected chi connectivity index (χ3v) is 5.05. The van der Waals surface area contributed by atoms with Gasteiger partial charge in [0.1, 0.15) is 0 Å². The number of hydrogen-bond donors (Lipinski definition) is 2. The molecule has 22 heavy (non-hydrogen) atoms. The fourth-order valence-corrected chi connectivity index (χ4v) is 3.62. The Labute approximate surface area is 143 Å². The maximum absolute atomic E-state index is 11.5. The summed E-state index contributed by atoms with van der Waals surface area (Å²) in [7, 11) is 0. The van der Waals surface area contributed by atoms with Crippen LogP contribution in [0, 0.1) is 12.8 Å². The van der Waals surface area contributed by atoms with E-state index in [1.807, 2.05) is 6.92 Å². The second-order valence-electron chi connectivity index (χ2n) is 6.17. The zero-order chi connectivity index (χ0) is 15.4. The van der Waals surface area contributed by atoms with Gasteiger partial charge in [0.15, 0.2) is 0 Å². The summed E-state index contributed by atoms with van der Waals surface area (Å²) in [5.74, 6) is 0.289. The van der Waals surface area contributed by atoms with E-state index in [-0.39, 0.29) is 25.4 Å². The summed E-state index contributed by atoms with van der Waals surface area (Å²) in [5, 5.41) is 3.48. The molecule has 124 valence electrons. The van der Waals surface area contributed by atoms with Crippen molar-refractivity contribution in [1.82, 2.24) is 5.32 Å². The van der Waals surface area contributed by atoms with E-state index >= 15 is 0 Å². The minimum absolute atomic E-state index is 0. The molecule has 0 bridgehead atoms. The maximum Gasteiger partial charge on any atom is 0.234 e. The lowest BCUT2D eigenvalue weighted by Gasteiger charge is -2.34. The lowest BCUT2D eigenvalue weighted by molar-refractivity contribution is -0.119. The molecule has 2 rings (SSSR count). The van der Waals surface area contributed by atoms with Crippen molar-refractivity contribution in [3.05, 3.63) is 33.8 Å². The molecule has 0 spiro atoms. The maximum atomic E-state index is 11.5. The molecule has 1 aliphatic carbocycles. The molecule has 2 atom stereocenters. The molecule has 3 nitrogen and oxygen atoms in total. The Bertz CT molecular complexity index is 498. The van der Waals surface area contributed by atoms with Crippen LogP contribution >= 0.6 is 15.9 Å². The number of halogens is 1. The van der Waals surface area contributed by atoms with Gasteiger partial charge in [-0.3, -0.25) is 10.1 Å². The van der Waals surface area contributed by atoms with Crippen LogP contribution in [-0.2, 0) is 4.79 Å². The molecule has 1 aromatic rings. The van der Waals surface area contributed by atoms with Crippen LogP contribution in [0.4, 0.5) is 0 Å². The Hall–Kier alpha value is -0.870. The summed E-state index contributed by atoms with van der Waals surface area (Å²) >= 11 is 3.56. The third kappa shape index (κ3) is 4.82. The Kier molecular flexibility index (Phi) is 7.57. The van der Waals surface area contributed by atoms with Crippen molar-refractivity contribution in [3.8, 4) is 0 Å². The quantitative estimate of drug-likeness (QED) is 0.804. The van der Waals surface area contributed by atoms with Crippen LogP contribution < -0.4 is 11.1 Å². The smallest absolute Gasteiger partial charge is 0.234 e. The van der Waals surface area contributed by atoms with E-state index in [0.717, 1.165) is 4.47 Å². The zero-order valence-corrected chi connectivity index (χ0v) is 14.4. The van der Waals surface area contributed by atoms with E-state index < -0.39 is 0 Å². The lowest BCUT2D eigenvalue weighted by atomic mass is 9.80. The van der Waals surface area contributed by atoms with E-state index in [1.165, 1.54) is 43.2 Å². The number of amides is 1. The van der Waals surface area contributed by atoms with Gasteiger partial charge in [0, 0.05) is 10.5 Å². The first-order chi connectivity index (χ1) is 9.99. The van der Waals surface area contributed by atoms with Gasteiger partial charge in [-0.25, -0.2) is 0 Å². The first-order valence-electron chi connectivity index (χ1n) is 7.80. The highest BCUT2D eigenvalue weighted by atomic mass is 79.9. The first-order valence-corrected chi connectivity index (χ1v) is 8.59. The van der Waals surface area contributed by atoms with Crippen LogP contribution in [0.5, 0.6) is 0 Å². The number of nitrogens with two attached hydrogens (primary N) is 1. The molecule has 0 aliphatic heterocycles. The van der Waals surface area contributed by atoms with Gasteiger partial charge in [0.25, 0.3) is 0 Å². The van der Waals surface area contributed by atoms with Gasteiger partial charge in [-0.2, -0.15) is 0 Å². The Morgan fingerprint density at radius 1 is 1.32 bits per heavy atom. The van der Waals surface area contributed by atoms with E-state index in [1.54, 1.807) is 0 Å². The monoisotopic (exact) mass is 368 g/mol. The third-order valence-electron chi connectivity index (χ3n) is 4.55. The molecule has 3 N–H and O–H groups in total. The Morgan fingerprint density at radius 3 is 2.55 bits per heavy atom. The zero-order valence-electron chi connectivity index (χ0n) is 12.9. The molecule has 1 aromatic carbocycles. The molecule has 4 heteroatoms. The highest BCUT2D eigenvalue weighted by Gasteiger charge is 2.28. The van der Waals surface area contributed by atoms with Gasteiger partial charge in [-0.05, 0) is 55.9 Å². The van der Waals surface area contributed by atoms with Gasteiger partial charge in [-0.15, -0.1) is 0 Å². The summed E-state index contributed by atoms with van der Waals surface area (Å²) in [6, 6.07) is 6.26. The fraction of sp³-hybridized carbons (Fsp3) is 0.611. The number of rotatable bonds is 5. The van der Waals surface area contributed by atoms with Crippen molar-refractivity contribution >= 4 is 21.8 Å². The second-order valence-corrected chi connectivity index (χ2v) is 7.08. The normalized spacial score (nSPS) is 18.3. The van der Waals surface area contributed by atoms with Crippen molar-refractivity contribution in [2.75, 3.05) is 0 Å². The largest absolute Gasteiger partial charge is 0.368 e. The van der Waals surface area contributed by atoms with Crippen molar-refractivity contribution in [3.63, 3.8) is 0 Å². The van der Waals surface area contributed by atoms with Crippen molar-refractivity contribution in [2.45, 2.75) is 65.5 Å². The molecule has 1 saturated carbocycles. The number of nitrogens with one attached hydrogen (secondary N) is 1. The summed E-state index contributed by atoms with van der Waals surface area (Å²) in [5.41, 5.74) is 7.99. The van der Waals surface area contributed by atoms with Crippen LogP contribution in [-0.4, -0.2) is 11.9 Å². The van der Waals surface area contributed by atoms with Gasteiger partial charge in [-0.1, -0.05) is 48.7 Å². The molecule has 2 unspecified atom stereocenters. The van der Waals surface area contributed by atoms with E-state index in [2.05, 4.69) is 46.4 Å². The Morgan fingerprint density at radius 2 is 1.95 bits per heavy atom. The number of carbonyl (C=O) groups excluding carboxylic acids is 1. The van der Waals surface area contributed by atoms with Crippen LogP contribution in [0.1, 0.15) is 63.6 Å². The van der Waals surface area contributed by atoms with Crippen LogP contribution in [0.3, 0.4) is 0 Å². The topological polar surface area (TPSA) is 55.1 Å². The van der Waals surface area contributed by atoms with E-state index in [9.17, 15) is 4.79 Å². The van der Waals surface area contributed by atoms with Gasteiger partial charge >= 0.3 is 0 Å². The number of hydrogen-bond acceptors (Lipinski definition) is 2. The first kappa shape index (κ1) is 19.2. The number of benzene rings is 1. The second kappa shape index (κ2) is 8.68. The molecule has 0 radical (unpaired) electrons. The summed E-state index contributed by atoms with van der Waals surface area (Å²) in [4.78, 5) is 11.5. The van der Waals surface area contributed by atoms with Crippen LogP contribution in [0.25, 0.3) is 0 Å². The van der Waals surface area contributed by atoms with Crippen LogP contribution in [0.2, 0.25) is 0 Å². The molecule has 0 heterocycles. The number of primary amides is 1. The molecular formula is C18H29BrN2O. The van der Waals surface area contributed by atoms with Crippen molar-refractivity contribution < 1.29 is 4.79 Å². The highest BCUT2D eigenvalue weighted by Crippen LogP contribution is 2.36. The molecule has 1 aliphatic rings. The van der Waals surface area contributed by atoms with E-state index in [0.29, 0.717) is 5.92 Å².